The molecule has 3 aromatic rings. The van der Waals surface area contributed by atoms with Gasteiger partial charge in [-0.15, -0.1) is 0 Å². The minimum atomic E-state index is -0.945. The van der Waals surface area contributed by atoms with Crippen LogP contribution in [-0.4, -0.2) is 52.9 Å². The van der Waals surface area contributed by atoms with E-state index < -0.39 is 17.5 Å². The maximum absolute atomic E-state index is 13.6. The summed E-state index contributed by atoms with van der Waals surface area (Å²) < 4.78 is 0. The molecule has 2 aromatic carbocycles. The molecule has 2 atom stereocenters. The molecule has 202 valence electrons. The highest BCUT2D eigenvalue weighted by atomic mass is 35.5. The van der Waals surface area contributed by atoms with Gasteiger partial charge in [0, 0.05) is 29.9 Å². The van der Waals surface area contributed by atoms with Crippen LogP contribution in [0.15, 0.2) is 72.9 Å². The van der Waals surface area contributed by atoms with E-state index in [0.717, 1.165) is 30.8 Å². The minimum absolute atomic E-state index is 0.00273. The molecular weight excluding hydrogens is 510 g/mol. The zero-order valence-corrected chi connectivity index (χ0v) is 23.1. The van der Waals surface area contributed by atoms with Gasteiger partial charge in [-0.2, -0.15) is 5.26 Å². The molecule has 4 rings (SSSR count). The number of carbonyl (C=O) groups is 2. The van der Waals surface area contributed by atoms with Crippen LogP contribution < -0.4 is 10.6 Å². The predicted octanol–water partition coefficient (Wildman–Crippen LogP) is 5.19. The van der Waals surface area contributed by atoms with Crippen LogP contribution in [0.5, 0.6) is 0 Å². The van der Waals surface area contributed by atoms with E-state index in [0.29, 0.717) is 35.5 Å². The maximum atomic E-state index is 13.6. The third kappa shape index (κ3) is 7.03. The number of amides is 2. The Bertz CT molecular complexity index is 1310. The summed E-state index contributed by atoms with van der Waals surface area (Å²) in [6, 6.07) is 22.2. The Kier molecular flexibility index (Phi) is 9.34. The second-order valence-corrected chi connectivity index (χ2v) is 10.5. The van der Waals surface area contributed by atoms with Crippen LogP contribution >= 0.6 is 11.6 Å². The third-order valence-electron chi connectivity index (χ3n) is 7.49. The molecule has 0 spiro atoms. The van der Waals surface area contributed by atoms with Gasteiger partial charge < -0.3 is 15.5 Å². The first-order valence-electron chi connectivity index (χ1n) is 13.4. The highest BCUT2D eigenvalue weighted by Crippen LogP contribution is 2.27. The van der Waals surface area contributed by atoms with Crippen LogP contribution in [0.4, 0.5) is 0 Å². The number of piperidine rings is 1. The highest BCUT2D eigenvalue weighted by Gasteiger charge is 2.38. The molecule has 2 amide bonds. The molecule has 1 saturated heterocycles. The van der Waals surface area contributed by atoms with Crippen LogP contribution in [-0.2, 0) is 4.79 Å². The van der Waals surface area contributed by atoms with Gasteiger partial charge in [0.25, 0.3) is 5.91 Å². The number of nitriles is 1. The molecule has 0 unspecified atom stereocenters. The molecule has 1 fully saturated rings. The molecule has 1 aliphatic heterocycles. The van der Waals surface area contributed by atoms with Gasteiger partial charge in [0.1, 0.15) is 11.6 Å². The van der Waals surface area contributed by atoms with Crippen LogP contribution in [0, 0.1) is 11.3 Å². The van der Waals surface area contributed by atoms with E-state index in [1.165, 1.54) is 6.20 Å². The van der Waals surface area contributed by atoms with Gasteiger partial charge in [0.2, 0.25) is 5.91 Å². The molecule has 0 radical (unpaired) electrons. The predicted molar refractivity (Wildman–Crippen MR) is 153 cm³/mol. The quantitative estimate of drug-likeness (QED) is 0.387. The summed E-state index contributed by atoms with van der Waals surface area (Å²) in [4.78, 5) is 33.6. The monoisotopic (exact) mass is 543 g/mol. The van der Waals surface area contributed by atoms with Crippen molar-refractivity contribution in [2.24, 2.45) is 0 Å². The molecule has 2 heterocycles. The Morgan fingerprint density at radius 3 is 2.38 bits per heavy atom. The summed E-state index contributed by atoms with van der Waals surface area (Å²) in [6.45, 7) is 6.51. The lowest BCUT2D eigenvalue weighted by Gasteiger charge is -2.38. The van der Waals surface area contributed by atoms with Crippen LogP contribution in [0.3, 0.4) is 0 Å². The first kappa shape index (κ1) is 28.3. The van der Waals surface area contributed by atoms with E-state index in [9.17, 15) is 14.9 Å². The number of nitrogens with one attached hydrogen (secondary N) is 2. The Morgan fingerprint density at radius 2 is 1.77 bits per heavy atom. The summed E-state index contributed by atoms with van der Waals surface area (Å²) in [6.07, 6.45) is 2.97. The average molecular weight is 544 g/mol. The smallest absolute Gasteiger partial charge is 0.253 e. The van der Waals surface area contributed by atoms with Crippen LogP contribution in [0.2, 0.25) is 5.02 Å². The highest BCUT2D eigenvalue weighted by molar-refractivity contribution is 6.33. The molecule has 1 aliphatic rings. The zero-order valence-electron chi connectivity index (χ0n) is 22.4. The SMILES string of the molecule is CCN1CCC(C#N)(NC(=O)[C@H](C[C@H](C)c2ccccc2)NC(=O)c2ccc(-c3ccccc3Cl)nc2)CC1. The van der Waals surface area contributed by atoms with Crippen molar-refractivity contribution in [3.8, 4) is 17.3 Å². The largest absolute Gasteiger partial charge is 0.340 e. The lowest BCUT2D eigenvalue weighted by molar-refractivity contribution is -0.125. The number of halogens is 1. The van der Waals surface area contributed by atoms with E-state index in [-0.39, 0.29) is 11.8 Å². The Labute approximate surface area is 235 Å². The first-order chi connectivity index (χ1) is 18.8. The number of pyridine rings is 1. The summed E-state index contributed by atoms with van der Waals surface area (Å²) in [5.74, 6) is -0.748. The fourth-order valence-corrected chi connectivity index (χ4v) is 5.17. The number of carbonyl (C=O) groups excluding carboxylic acids is 2. The number of hydrogen-bond acceptors (Lipinski definition) is 5. The number of nitrogens with zero attached hydrogens (tertiary/aromatic N) is 3. The maximum Gasteiger partial charge on any atom is 0.253 e. The van der Waals surface area contributed by atoms with Gasteiger partial charge in [-0.05, 0) is 55.5 Å². The molecule has 8 heteroatoms. The van der Waals surface area contributed by atoms with Crippen molar-refractivity contribution in [2.45, 2.75) is 50.6 Å². The van der Waals surface area contributed by atoms with E-state index in [1.54, 1.807) is 18.2 Å². The normalized spacial score (nSPS) is 16.5. The van der Waals surface area contributed by atoms with Crippen molar-refractivity contribution in [1.29, 1.82) is 5.26 Å². The lowest BCUT2D eigenvalue weighted by atomic mass is 9.87. The molecular formula is C31H34ClN5O2. The summed E-state index contributed by atoms with van der Waals surface area (Å²) in [5.41, 5.74) is 1.89. The van der Waals surface area contributed by atoms with Crippen LogP contribution in [0.1, 0.15) is 54.9 Å². The van der Waals surface area contributed by atoms with Gasteiger partial charge in [-0.1, -0.05) is 74.0 Å². The summed E-state index contributed by atoms with van der Waals surface area (Å²) >= 11 is 6.29. The average Bonchev–Trinajstić information content (AvgIpc) is 2.98. The fraction of sp³-hybridized carbons (Fsp3) is 0.355. The van der Waals surface area contributed by atoms with E-state index in [1.807, 2.05) is 55.5 Å². The van der Waals surface area contributed by atoms with Crippen molar-refractivity contribution in [1.82, 2.24) is 20.5 Å². The van der Waals surface area contributed by atoms with Gasteiger partial charge in [-0.25, -0.2) is 0 Å². The third-order valence-corrected chi connectivity index (χ3v) is 7.82. The van der Waals surface area contributed by atoms with Crippen molar-refractivity contribution >= 4 is 23.4 Å². The van der Waals surface area contributed by atoms with Gasteiger partial charge in [0.05, 0.1) is 17.3 Å². The van der Waals surface area contributed by atoms with E-state index >= 15 is 0 Å². The van der Waals surface area contributed by atoms with Gasteiger partial charge >= 0.3 is 0 Å². The minimum Gasteiger partial charge on any atom is -0.340 e. The van der Waals surface area contributed by atoms with Gasteiger partial charge in [-0.3, -0.25) is 14.6 Å². The molecule has 1 aromatic heterocycles. The number of aromatic nitrogens is 1. The molecule has 0 bridgehead atoms. The molecule has 0 aliphatic carbocycles. The standard InChI is InChI=1S/C31H34ClN5O2/c1-3-37-17-15-31(21-33,16-18-37)36-30(39)28(19-22(2)23-9-5-4-6-10-23)35-29(38)24-13-14-27(34-20-24)25-11-7-8-12-26(25)32/h4-14,20,22,28H,3,15-19H2,1-2H3,(H,35,38)(H,36,39)/t22-,28-/m0/s1. The molecule has 7 nitrogen and oxygen atoms in total. The Morgan fingerprint density at radius 1 is 1.08 bits per heavy atom. The zero-order chi connectivity index (χ0) is 27.8. The number of likely N-dealkylation sites (tertiary alicyclic amines) is 1. The molecule has 0 saturated carbocycles. The van der Waals surface area contributed by atoms with Crippen molar-refractivity contribution in [3.05, 3.63) is 89.1 Å². The second kappa shape index (κ2) is 12.9. The summed E-state index contributed by atoms with van der Waals surface area (Å²) in [5, 5.41) is 16.5. The Hall–Kier alpha value is -3.73. The fourth-order valence-electron chi connectivity index (χ4n) is 4.94. The topological polar surface area (TPSA) is 98.1 Å². The second-order valence-electron chi connectivity index (χ2n) is 10.1. The van der Waals surface area contributed by atoms with Crippen molar-refractivity contribution in [2.75, 3.05) is 19.6 Å². The van der Waals surface area contributed by atoms with Gasteiger partial charge in [0.15, 0.2) is 0 Å². The Balaban J connectivity index is 1.52. The number of hydrogen-bond donors (Lipinski definition) is 2. The van der Waals surface area contributed by atoms with E-state index in [2.05, 4.69) is 33.5 Å². The number of rotatable bonds is 9. The van der Waals surface area contributed by atoms with Crippen LogP contribution in [0.25, 0.3) is 11.3 Å². The first-order valence-corrected chi connectivity index (χ1v) is 13.7. The lowest BCUT2D eigenvalue weighted by Crippen LogP contribution is -2.59. The van der Waals surface area contributed by atoms with Crippen molar-refractivity contribution in [3.63, 3.8) is 0 Å². The molecule has 2 N–H and O–H groups in total. The van der Waals surface area contributed by atoms with E-state index in [4.69, 9.17) is 11.6 Å². The van der Waals surface area contributed by atoms with Crippen molar-refractivity contribution < 1.29 is 9.59 Å². The molecule has 39 heavy (non-hydrogen) atoms. The number of benzene rings is 2. The summed E-state index contributed by atoms with van der Waals surface area (Å²) in [7, 11) is 0.